The van der Waals surface area contributed by atoms with Crippen LogP contribution in [0.15, 0.2) is 36.4 Å². The third-order valence-electron chi connectivity index (χ3n) is 6.78. The van der Waals surface area contributed by atoms with E-state index < -0.39 is 28.5 Å². The zero-order valence-electron chi connectivity index (χ0n) is 22.3. The number of halogens is 3. The zero-order valence-corrected chi connectivity index (χ0v) is 25.3. The van der Waals surface area contributed by atoms with Crippen molar-refractivity contribution in [3.05, 3.63) is 57.0 Å². The minimum absolute atomic E-state index is 0.0350. The fourth-order valence-electron chi connectivity index (χ4n) is 4.72. The molecule has 2 aromatic rings. The summed E-state index contributed by atoms with van der Waals surface area (Å²) in [6.45, 7) is 1.32. The van der Waals surface area contributed by atoms with Crippen LogP contribution in [-0.4, -0.2) is 57.1 Å². The molecule has 1 aliphatic carbocycles. The van der Waals surface area contributed by atoms with Gasteiger partial charge in [-0.1, -0.05) is 67.1 Å². The largest absolute Gasteiger partial charge is 0.495 e. The van der Waals surface area contributed by atoms with Crippen LogP contribution >= 0.6 is 34.8 Å². The molecule has 0 bridgehead atoms. The summed E-state index contributed by atoms with van der Waals surface area (Å²) in [5.74, 6) is -0.452. The molecule has 39 heavy (non-hydrogen) atoms. The molecule has 0 aromatic heterocycles. The smallest absolute Gasteiger partial charge is 0.244 e. The SMILES string of the molecule is CCC(C(=O)NC1CCCCC1)N(Cc1ccc(Cl)c(Cl)c1)C(=O)CN(c1ccc(OC)c(Cl)c1)S(C)(=O)=O. The van der Waals surface area contributed by atoms with Crippen LogP contribution in [0.4, 0.5) is 5.69 Å². The Morgan fingerprint density at radius 2 is 1.72 bits per heavy atom. The molecule has 1 N–H and O–H groups in total. The molecule has 1 fully saturated rings. The van der Waals surface area contributed by atoms with E-state index in [0.717, 1.165) is 42.7 Å². The van der Waals surface area contributed by atoms with Crippen molar-refractivity contribution in [2.45, 2.75) is 64.1 Å². The van der Waals surface area contributed by atoms with Gasteiger partial charge in [0.15, 0.2) is 0 Å². The van der Waals surface area contributed by atoms with Crippen molar-refractivity contribution < 1.29 is 22.7 Å². The molecule has 1 atom stereocenters. The molecule has 8 nitrogen and oxygen atoms in total. The van der Waals surface area contributed by atoms with Crippen LogP contribution in [0.1, 0.15) is 51.0 Å². The average Bonchev–Trinajstić information content (AvgIpc) is 2.89. The summed E-state index contributed by atoms with van der Waals surface area (Å²) in [6.07, 6.45) is 6.35. The highest BCUT2D eigenvalue weighted by molar-refractivity contribution is 7.92. The quantitative estimate of drug-likeness (QED) is 0.350. The lowest BCUT2D eigenvalue weighted by Crippen LogP contribution is -2.53. The standard InChI is InChI=1S/C27H34Cl3N3O5S/c1-4-24(27(35)31-19-8-6-5-7-9-19)32(16-18-10-12-21(28)22(29)14-18)26(34)17-33(39(3,36)37)20-11-13-25(38-2)23(30)15-20/h10-15,19,24H,4-9,16-17H2,1-3H3,(H,31,35). The van der Waals surface area contributed by atoms with Gasteiger partial charge in [0.1, 0.15) is 18.3 Å². The number of methoxy groups -OCH3 is 1. The van der Waals surface area contributed by atoms with Gasteiger partial charge in [-0.2, -0.15) is 0 Å². The molecule has 2 aromatic carbocycles. The molecule has 2 amide bonds. The second kappa shape index (κ2) is 13.9. The molecule has 1 saturated carbocycles. The van der Waals surface area contributed by atoms with E-state index in [4.69, 9.17) is 39.5 Å². The number of hydrogen-bond donors (Lipinski definition) is 1. The molecular formula is C27H34Cl3N3O5S. The number of amides is 2. The van der Waals surface area contributed by atoms with Crippen molar-refractivity contribution in [2.75, 3.05) is 24.2 Å². The highest BCUT2D eigenvalue weighted by Crippen LogP contribution is 2.31. The Labute approximate surface area is 245 Å². The van der Waals surface area contributed by atoms with E-state index in [2.05, 4.69) is 5.32 Å². The number of rotatable bonds is 11. The molecule has 1 aliphatic rings. The molecule has 0 aliphatic heterocycles. The first-order valence-electron chi connectivity index (χ1n) is 12.8. The van der Waals surface area contributed by atoms with Gasteiger partial charge >= 0.3 is 0 Å². The normalized spacial score (nSPS) is 14.9. The second-order valence-electron chi connectivity index (χ2n) is 9.63. The topological polar surface area (TPSA) is 96.0 Å². The summed E-state index contributed by atoms with van der Waals surface area (Å²) < 4.78 is 31.7. The van der Waals surface area contributed by atoms with Gasteiger partial charge < -0.3 is 15.0 Å². The number of carbonyl (C=O) groups excluding carboxylic acids is 2. The van der Waals surface area contributed by atoms with E-state index in [1.807, 2.05) is 6.92 Å². The van der Waals surface area contributed by atoms with Gasteiger partial charge in [0, 0.05) is 12.6 Å². The van der Waals surface area contributed by atoms with E-state index in [1.165, 1.54) is 30.2 Å². The van der Waals surface area contributed by atoms with Crippen LogP contribution in [0.25, 0.3) is 0 Å². The van der Waals surface area contributed by atoms with Crippen LogP contribution in [0, 0.1) is 0 Å². The fourth-order valence-corrected chi connectivity index (χ4v) is 6.14. The summed E-state index contributed by atoms with van der Waals surface area (Å²) in [6, 6.07) is 8.66. The van der Waals surface area contributed by atoms with Gasteiger partial charge in [0.25, 0.3) is 0 Å². The highest BCUT2D eigenvalue weighted by atomic mass is 35.5. The monoisotopic (exact) mass is 617 g/mol. The molecule has 3 rings (SSSR count). The Bertz CT molecular complexity index is 1290. The van der Waals surface area contributed by atoms with Crippen LogP contribution in [0.3, 0.4) is 0 Å². The minimum Gasteiger partial charge on any atom is -0.495 e. The molecule has 1 unspecified atom stereocenters. The summed E-state index contributed by atoms with van der Waals surface area (Å²) in [5, 5.41) is 3.97. The van der Waals surface area contributed by atoms with Gasteiger partial charge in [-0.05, 0) is 55.2 Å². The molecule has 214 valence electrons. The second-order valence-corrected chi connectivity index (χ2v) is 12.8. The maximum absolute atomic E-state index is 13.9. The Morgan fingerprint density at radius 3 is 2.28 bits per heavy atom. The summed E-state index contributed by atoms with van der Waals surface area (Å²) in [4.78, 5) is 28.7. The predicted octanol–water partition coefficient (Wildman–Crippen LogP) is 5.68. The summed E-state index contributed by atoms with van der Waals surface area (Å²) in [5.41, 5.74) is 0.853. The Balaban J connectivity index is 1.95. The van der Waals surface area contributed by atoms with Gasteiger partial charge in [-0.25, -0.2) is 8.42 Å². The molecule has 12 heteroatoms. The lowest BCUT2D eigenvalue weighted by Gasteiger charge is -2.34. The summed E-state index contributed by atoms with van der Waals surface area (Å²) >= 11 is 18.5. The van der Waals surface area contributed by atoms with Gasteiger partial charge in [-0.3, -0.25) is 13.9 Å². The van der Waals surface area contributed by atoms with Crippen molar-refractivity contribution in [2.24, 2.45) is 0 Å². The number of sulfonamides is 1. The van der Waals surface area contributed by atoms with Crippen molar-refractivity contribution >= 4 is 62.3 Å². The van der Waals surface area contributed by atoms with Crippen LogP contribution in [0.2, 0.25) is 15.1 Å². The Kier molecular flexibility index (Phi) is 11.2. The Hall–Kier alpha value is -2.20. The third kappa shape index (κ3) is 8.39. The summed E-state index contributed by atoms with van der Waals surface area (Å²) in [7, 11) is -2.45. The number of nitrogens with one attached hydrogen (secondary N) is 1. The number of carbonyl (C=O) groups is 2. The van der Waals surface area contributed by atoms with Crippen LogP contribution in [-0.2, 0) is 26.2 Å². The number of hydrogen-bond acceptors (Lipinski definition) is 5. The first-order chi connectivity index (χ1) is 18.4. The molecule has 0 heterocycles. The molecule has 0 spiro atoms. The lowest BCUT2D eigenvalue weighted by molar-refractivity contribution is -0.140. The van der Waals surface area contributed by atoms with E-state index in [9.17, 15) is 18.0 Å². The third-order valence-corrected chi connectivity index (χ3v) is 8.95. The first-order valence-corrected chi connectivity index (χ1v) is 15.8. The van der Waals surface area contributed by atoms with E-state index in [-0.39, 0.29) is 29.2 Å². The van der Waals surface area contributed by atoms with Gasteiger partial charge in [-0.15, -0.1) is 0 Å². The zero-order chi connectivity index (χ0) is 28.7. The molecule has 0 radical (unpaired) electrons. The van der Waals surface area contributed by atoms with Gasteiger partial charge in [0.2, 0.25) is 21.8 Å². The highest BCUT2D eigenvalue weighted by Gasteiger charge is 2.33. The fraction of sp³-hybridized carbons (Fsp3) is 0.481. The van der Waals surface area contributed by atoms with E-state index in [1.54, 1.807) is 18.2 Å². The number of ether oxygens (including phenoxy) is 1. The van der Waals surface area contributed by atoms with Crippen LogP contribution < -0.4 is 14.4 Å². The van der Waals surface area contributed by atoms with Crippen LogP contribution in [0.5, 0.6) is 5.75 Å². The molecular weight excluding hydrogens is 585 g/mol. The molecule has 0 saturated heterocycles. The van der Waals surface area contributed by atoms with Crippen molar-refractivity contribution in [1.29, 1.82) is 0 Å². The number of anilines is 1. The van der Waals surface area contributed by atoms with E-state index in [0.29, 0.717) is 27.8 Å². The average molecular weight is 619 g/mol. The minimum atomic E-state index is -3.90. The maximum Gasteiger partial charge on any atom is 0.244 e. The number of nitrogens with zero attached hydrogens (tertiary/aromatic N) is 2. The number of benzene rings is 2. The first kappa shape index (κ1) is 31.3. The maximum atomic E-state index is 13.9. The van der Waals surface area contributed by atoms with Gasteiger partial charge in [0.05, 0.1) is 34.1 Å². The van der Waals surface area contributed by atoms with Crippen molar-refractivity contribution in [3.8, 4) is 5.75 Å². The predicted molar refractivity (Wildman–Crippen MR) is 156 cm³/mol. The van der Waals surface area contributed by atoms with Crippen molar-refractivity contribution in [1.82, 2.24) is 10.2 Å². The van der Waals surface area contributed by atoms with Crippen molar-refractivity contribution in [3.63, 3.8) is 0 Å². The lowest BCUT2D eigenvalue weighted by atomic mass is 9.95. The Morgan fingerprint density at radius 1 is 1.03 bits per heavy atom. The van der Waals surface area contributed by atoms with E-state index >= 15 is 0 Å².